The molecular weight excluding hydrogens is 378 g/mol. The van der Waals surface area contributed by atoms with Gasteiger partial charge in [0, 0.05) is 23.2 Å². The van der Waals surface area contributed by atoms with E-state index in [2.05, 4.69) is 4.98 Å². The van der Waals surface area contributed by atoms with Crippen LogP contribution in [-0.2, 0) is 6.61 Å². The molecule has 0 saturated heterocycles. The summed E-state index contributed by atoms with van der Waals surface area (Å²) in [6.07, 6.45) is 1.87. The van der Waals surface area contributed by atoms with Gasteiger partial charge in [-0.05, 0) is 28.0 Å². The van der Waals surface area contributed by atoms with Crippen molar-refractivity contribution in [2.75, 3.05) is 0 Å². The topological polar surface area (TPSA) is 86.5 Å². The Kier molecular flexibility index (Phi) is 4.38. The lowest BCUT2D eigenvalue weighted by molar-refractivity contribution is 0.235. The summed E-state index contributed by atoms with van der Waals surface area (Å²) in [5.74, 6) is -0.759. The van der Waals surface area contributed by atoms with Crippen LogP contribution in [0.5, 0.6) is 5.75 Å². The summed E-state index contributed by atoms with van der Waals surface area (Å²) in [5.41, 5.74) is 2.10. The molecule has 5 rings (SSSR count). The number of aliphatic hydroxyl groups excluding tert-OH is 1. The van der Waals surface area contributed by atoms with Crippen LogP contribution in [0, 0.1) is 0 Å². The van der Waals surface area contributed by atoms with Crippen LogP contribution in [0.15, 0.2) is 88.2 Å². The third kappa shape index (κ3) is 2.96. The minimum absolute atomic E-state index is 0.110. The highest BCUT2D eigenvalue weighted by atomic mass is 16.4. The van der Waals surface area contributed by atoms with Crippen LogP contribution in [0.3, 0.4) is 0 Å². The van der Waals surface area contributed by atoms with Gasteiger partial charge in [0.25, 0.3) is 0 Å². The van der Waals surface area contributed by atoms with Gasteiger partial charge in [-0.3, -0.25) is 4.79 Å². The number of aromatic amines is 1. The summed E-state index contributed by atoms with van der Waals surface area (Å²) in [4.78, 5) is 15.6. The maximum atomic E-state index is 12.4. The largest absolute Gasteiger partial charge is 0.502 e. The van der Waals surface area contributed by atoms with Crippen molar-refractivity contribution in [3.8, 4) is 5.75 Å². The highest BCUT2D eigenvalue weighted by molar-refractivity contribution is 5.86. The lowest BCUT2D eigenvalue weighted by atomic mass is 9.87. The van der Waals surface area contributed by atoms with Gasteiger partial charge in [-0.1, -0.05) is 60.7 Å². The summed E-state index contributed by atoms with van der Waals surface area (Å²) in [5, 5.41) is 23.3. The molecule has 5 aromatic rings. The van der Waals surface area contributed by atoms with Gasteiger partial charge in [-0.15, -0.1) is 0 Å². The fraction of sp³-hybridized carbons (Fsp3) is 0.0800. The van der Waals surface area contributed by atoms with Gasteiger partial charge in [0.05, 0.1) is 5.92 Å². The van der Waals surface area contributed by atoms with Gasteiger partial charge in [0.2, 0.25) is 11.2 Å². The maximum absolute atomic E-state index is 12.4. The quantitative estimate of drug-likeness (QED) is 0.412. The van der Waals surface area contributed by atoms with Crippen molar-refractivity contribution in [2.45, 2.75) is 12.5 Å². The molecular formula is C25H19NO4. The number of nitrogens with one attached hydrogen (secondary N) is 1. The van der Waals surface area contributed by atoms with E-state index in [0.717, 1.165) is 38.9 Å². The van der Waals surface area contributed by atoms with Gasteiger partial charge in [0.1, 0.15) is 12.4 Å². The lowest BCUT2D eigenvalue weighted by Gasteiger charge is -2.19. The third-order valence-corrected chi connectivity index (χ3v) is 5.46. The average Bonchev–Trinajstić information content (AvgIpc) is 3.20. The van der Waals surface area contributed by atoms with E-state index < -0.39 is 23.7 Å². The summed E-state index contributed by atoms with van der Waals surface area (Å²) >= 11 is 0. The predicted octanol–water partition coefficient (Wildman–Crippen LogP) is 4.65. The van der Waals surface area contributed by atoms with E-state index in [1.165, 1.54) is 0 Å². The zero-order valence-electron chi connectivity index (χ0n) is 16.0. The van der Waals surface area contributed by atoms with E-state index >= 15 is 0 Å². The molecule has 0 amide bonds. The van der Waals surface area contributed by atoms with Crippen LogP contribution in [-0.4, -0.2) is 15.2 Å². The van der Waals surface area contributed by atoms with Crippen LogP contribution in [0.2, 0.25) is 0 Å². The zero-order valence-corrected chi connectivity index (χ0v) is 16.0. The van der Waals surface area contributed by atoms with Crippen LogP contribution >= 0.6 is 0 Å². The average molecular weight is 397 g/mol. The number of aromatic hydroxyl groups is 1. The summed E-state index contributed by atoms with van der Waals surface area (Å²) < 4.78 is 5.83. The molecule has 2 aromatic heterocycles. The second-order valence-corrected chi connectivity index (χ2v) is 7.28. The second kappa shape index (κ2) is 7.21. The Hall–Kier alpha value is -3.83. The number of rotatable bonds is 4. The normalized spacial score (nSPS) is 12.4. The highest BCUT2D eigenvalue weighted by Crippen LogP contribution is 2.40. The van der Waals surface area contributed by atoms with Gasteiger partial charge < -0.3 is 19.6 Å². The predicted molar refractivity (Wildman–Crippen MR) is 116 cm³/mol. The highest BCUT2D eigenvalue weighted by Gasteiger charge is 2.27. The van der Waals surface area contributed by atoms with E-state index in [4.69, 9.17) is 4.42 Å². The SMILES string of the molecule is O=c1cc(CO)oc(C(c2ccc3ccccc3c2)c2c[nH]c3ccccc23)c1O. The Bertz CT molecular complexity index is 1430. The summed E-state index contributed by atoms with van der Waals surface area (Å²) in [6, 6.07) is 23.0. The van der Waals surface area contributed by atoms with Crippen molar-refractivity contribution in [3.63, 3.8) is 0 Å². The van der Waals surface area contributed by atoms with Gasteiger partial charge in [-0.25, -0.2) is 0 Å². The van der Waals surface area contributed by atoms with Crippen molar-refractivity contribution in [3.05, 3.63) is 112 Å². The Morgan fingerprint density at radius 2 is 1.70 bits per heavy atom. The first-order chi connectivity index (χ1) is 14.7. The van der Waals surface area contributed by atoms with Crippen molar-refractivity contribution < 1.29 is 14.6 Å². The van der Waals surface area contributed by atoms with Crippen molar-refractivity contribution in [1.29, 1.82) is 0 Å². The van der Waals surface area contributed by atoms with Crippen LogP contribution < -0.4 is 5.43 Å². The number of fused-ring (bicyclic) bond motifs is 2. The molecule has 148 valence electrons. The molecule has 0 aliphatic rings. The number of aromatic nitrogens is 1. The van der Waals surface area contributed by atoms with Crippen molar-refractivity contribution in [1.82, 2.24) is 4.98 Å². The minimum atomic E-state index is -0.578. The Balaban J connectivity index is 1.82. The van der Waals surface area contributed by atoms with E-state index in [0.29, 0.717) is 0 Å². The molecule has 5 nitrogen and oxygen atoms in total. The van der Waals surface area contributed by atoms with Crippen LogP contribution in [0.1, 0.15) is 28.6 Å². The van der Waals surface area contributed by atoms with Gasteiger partial charge >= 0.3 is 0 Å². The van der Waals surface area contributed by atoms with Gasteiger partial charge in [0.15, 0.2) is 5.76 Å². The molecule has 1 unspecified atom stereocenters. The number of aliphatic hydroxyl groups is 1. The Morgan fingerprint density at radius 1 is 0.933 bits per heavy atom. The smallest absolute Gasteiger partial charge is 0.227 e. The number of hydrogen-bond donors (Lipinski definition) is 3. The first-order valence-corrected chi connectivity index (χ1v) is 9.67. The number of H-pyrrole nitrogens is 1. The second-order valence-electron chi connectivity index (χ2n) is 7.28. The van der Waals surface area contributed by atoms with Crippen molar-refractivity contribution in [2.24, 2.45) is 0 Å². The number of para-hydroxylation sites is 1. The van der Waals surface area contributed by atoms with Crippen molar-refractivity contribution >= 4 is 21.7 Å². The molecule has 2 heterocycles. The van der Waals surface area contributed by atoms with Gasteiger partial charge in [-0.2, -0.15) is 0 Å². The van der Waals surface area contributed by atoms with E-state index in [1.54, 1.807) is 0 Å². The molecule has 0 aliphatic heterocycles. The fourth-order valence-electron chi connectivity index (χ4n) is 4.02. The maximum Gasteiger partial charge on any atom is 0.227 e. The molecule has 0 radical (unpaired) electrons. The minimum Gasteiger partial charge on any atom is -0.502 e. The molecule has 30 heavy (non-hydrogen) atoms. The molecule has 3 aromatic carbocycles. The van der Waals surface area contributed by atoms with E-state index in [9.17, 15) is 15.0 Å². The molecule has 0 aliphatic carbocycles. The molecule has 5 heteroatoms. The summed E-state index contributed by atoms with van der Waals surface area (Å²) in [6.45, 7) is -0.430. The fourth-order valence-corrected chi connectivity index (χ4v) is 4.02. The molecule has 0 saturated carbocycles. The van der Waals surface area contributed by atoms with Crippen LogP contribution in [0.25, 0.3) is 21.7 Å². The number of benzene rings is 3. The first-order valence-electron chi connectivity index (χ1n) is 9.67. The third-order valence-electron chi connectivity index (χ3n) is 5.46. The standard InChI is InChI=1S/C25H19NO4/c27-14-18-12-22(28)24(29)25(30-18)23(20-13-26-21-8-4-3-7-19(20)21)17-10-9-15-5-1-2-6-16(15)11-17/h1-13,23,26-27,29H,14H2. The summed E-state index contributed by atoms with van der Waals surface area (Å²) in [7, 11) is 0. The first kappa shape index (κ1) is 18.2. The van der Waals surface area contributed by atoms with E-state index in [1.807, 2.05) is 72.9 Å². The molecule has 0 bridgehead atoms. The molecule has 3 N–H and O–H groups in total. The molecule has 0 fully saturated rings. The Morgan fingerprint density at radius 3 is 2.53 bits per heavy atom. The molecule has 0 spiro atoms. The van der Waals surface area contributed by atoms with Crippen LogP contribution in [0.4, 0.5) is 0 Å². The zero-order chi connectivity index (χ0) is 20.7. The van der Waals surface area contributed by atoms with E-state index in [-0.39, 0.29) is 11.5 Å². The lowest BCUT2D eigenvalue weighted by Crippen LogP contribution is -2.10. The molecule has 1 atom stereocenters. The monoisotopic (exact) mass is 397 g/mol. The Labute approximate surface area is 171 Å². The number of hydrogen-bond acceptors (Lipinski definition) is 4.